The van der Waals surface area contributed by atoms with Gasteiger partial charge in [0.2, 0.25) is 0 Å². The first kappa shape index (κ1) is 55.6. The second kappa shape index (κ2) is 25.3. The van der Waals surface area contributed by atoms with Gasteiger partial charge in [0.15, 0.2) is 0 Å². The molecule has 0 saturated heterocycles. The minimum Gasteiger partial charge on any atom is -0.356 e. The maximum Gasteiger partial charge on any atom is 0.0387 e. The second-order valence-electron chi connectivity index (χ2n) is 25.2. The summed E-state index contributed by atoms with van der Waals surface area (Å²) in [5, 5.41) is 15.6. The van der Waals surface area contributed by atoms with Gasteiger partial charge >= 0.3 is 0 Å². The monoisotopic (exact) mass is 1080 g/mol. The van der Waals surface area contributed by atoms with Crippen LogP contribution in [0.15, 0.2) is 199 Å². The van der Waals surface area contributed by atoms with Gasteiger partial charge in [0.1, 0.15) is 0 Å². The maximum absolute atomic E-state index is 3.90. The van der Waals surface area contributed by atoms with E-state index in [0.29, 0.717) is 17.8 Å². The molecule has 82 heavy (non-hydrogen) atoms. The third-order valence-electron chi connectivity index (χ3n) is 20.1. The lowest BCUT2D eigenvalue weighted by atomic mass is 9.65. The molecule has 3 atom stereocenters. The van der Waals surface area contributed by atoms with Gasteiger partial charge in [-0.2, -0.15) is 0 Å². The number of fused-ring (bicyclic) bond motifs is 12. The van der Waals surface area contributed by atoms with E-state index in [4.69, 9.17) is 0 Å². The molecule has 0 saturated carbocycles. The third kappa shape index (κ3) is 11.0. The Bertz CT molecular complexity index is 3590. The number of benzene rings is 8. The van der Waals surface area contributed by atoms with Crippen molar-refractivity contribution in [3.05, 3.63) is 222 Å². The van der Waals surface area contributed by atoms with E-state index in [1.165, 1.54) is 194 Å². The average molecular weight is 1080 g/mol. The average Bonchev–Trinajstić information content (AvgIpc) is 4.19. The molecule has 420 valence electrons. The van der Waals surface area contributed by atoms with Crippen LogP contribution in [0.3, 0.4) is 0 Å². The van der Waals surface area contributed by atoms with Crippen molar-refractivity contribution in [3.8, 4) is 22.3 Å². The second-order valence-corrected chi connectivity index (χ2v) is 25.2. The van der Waals surface area contributed by atoms with Gasteiger partial charge in [0.25, 0.3) is 0 Å². The molecule has 2 unspecified atom stereocenters. The summed E-state index contributed by atoms with van der Waals surface area (Å²) in [6, 6.07) is 58.4. The number of nitrogens with one attached hydrogen (secondary N) is 2. The van der Waals surface area contributed by atoms with Crippen molar-refractivity contribution in [1.82, 2.24) is 0 Å². The first-order valence-corrected chi connectivity index (χ1v) is 32.6. The van der Waals surface area contributed by atoms with Gasteiger partial charge in [-0.15, -0.1) is 0 Å². The quantitative estimate of drug-likeness (QED) is 0.0417. The number of unbranched alkanes of at least 4 members (excludes halogenated alkanes) is 12. The van der Waals surface area contributed by atoms with Gasteiger partial charge < -0.3 is 10.6 Å². The van der Waals surface area contributed by atoms with Crippen LogP contribution in [0.1, 0.15) is 197 Å². The molecule has 2 nitrogen and oxygen atoms in total. The molecule has 0 amide bonds. The molecule has 0 fully saturated rings. The molecule has 0 radical (unpaired) electrons. The van der Waals surface area contributed by atoms with Crippen LogP contribution in [-0.4, -0.2) is 0 Å². The maximum atomic E-state index is 3.90. The zero-order valence-electron chi connectivity index (χ0n) is 50.0. The van der Waals surface area contributed by atoms with E-state index < -0.39 is 0 Å². The predicted octanol–water partition coefficient (Wildman–Crippen LogP) is 23.8. The molecule has 0 bridgehead atoms. The minimum atomic E-state index is 0.140. The molecule has 2 heteroatoms. The zero-order valence-corrected chi connectivity index (χ0v) is 50.0. The van der Waals surface area contributed by atoms with Gasteiger partial charge in [-0.05, 0) is 175 Å². The fourth-order valence-electron chi connectivity index (χ4n) is 15.9. The minimum absolute atomic E-state index is 0.140. The Morgan fingerprint density at radius 3 is 1.49 bits per heavy atom. The van der Waals surface area contributed by atoms with Crippen molar-refractivity contribution in [3.63, 3.8) is 0 Å². The van der Waals surface area contributed by atoms with E-state index in [1.807, 2.05) is 0 Å². The lowest BCUT2D eigenvalue weighted by Gasteiger charge is -2.38. The van der Waals surface area contributed by atoms with E-state index >= 15 is 0 Å². The van der Waals surface area contributed by atoms with Crippen LogP contribution in [0.2, 0.25) is 0 Å². The highest BCUT2D eigenvalue weighted by molar-refractivity contribution is 6.26. The summed E-state index contributed by atoms with van der Waals surface area (Å²) in [5.41, 5.74) is 18.0. The Morgan fingerprint density at radius 1 is 0.402 bits per heavy atom. The molecular formula is C80H90N2. The molecule has 8 aromatic carbocycles. The largest absolute Gasteiger partial charge is 0.356 e. The van der Waals surface area contributed by atoms with Crippen LogP contribution in [0.5, 0.6) is 0 Å². The van der Waals surface area contributed by atoms with Crippen molar-refractivity contribution in [2.45, 2.75) is 185 Å². The lowest BCUT2D eigenvalue weighted by molar-refractivity contribution is 0.264. The Labute approximate surface area is 492 Å². The van der Waals surface area contributed by atoms with Gasteiger partial charge in [-0.1, -0.05) is 264 Å². The summed E-state index contributed by atoms with van der Waals surface area (Å²) < 4.78 is 0. The van der Waals surface area contributed by atoms with E-state index in [2.05, 4.69) is 226 Å². The molecule has 0 aliphatic heterocycles. The molecule has 4 aliphatic rings. The fourth-order valence-corrected chi connectivity index (χ4v) is 15.9. The number of rotatable bonds is 26. The molecule has 12 rings (SSSR count). The zero-order chi connectivity index (χ0) is 55.9. The van der Waals surface area contributed by atoms with Gasteiger partial charge in [0, 0.05) is 45.4 Å². The highest BCUT2D eigenvalue weighted by Gasteiger charge is 2.50. The van der Waals surface area contributed by atoms with Gasteiger partial charge in [-0.25, -0.2) is 0 Å². The van der Waals surface area contributed by atoms with Crippen LogP contribution < -0.4 is 10.6 Å². The number of hydrogen-bond acceptors (Lipinski definition) is 2. The van der Waals surface area contributed by atoms with Crippen molar-refractivity contribution in [2.24, 2.45) is 5.92 Å². The molecule has 8 aromatic rings. The Kier molecular flexibility index (Phi) is 17.2. The Hall–Kier alpha value is -6.90. The number of anilines is 3. The van der Waals surface area contributed by atoms with Crippen LogP contribution in [0.4, 0.5) is 17.1 Å². The van der Waals surface area contributed by atoms with Crippen LogP contribution in [0, 0.1) is 5.92 Å². The van der Waals surface area contributed by atoms with Gasteiger partial charge in [-0.3, -0.25) is 0 Å². The molecule has 0 aromatic heterocycles. The number of hydrogen-bond donors (Lipinski definition) is 2. The van der Waals surface area contributed by atoms with E-state index in [1.54, 1.807) is 27.8 Å². The summed E-state index contributed by atoms with van der Waals surface area (Å²) in [4.78, 5) is 0. The SMILES string of the molecule is CCCCCCC1(CCCCCC)C2=CC(Nc3ccc(-c4ccc5c6ccc(-c7ccc(Nc8ccc9c(c8)C(CCCCCC)(CCCCCC)C8C=CC=CC98)cc7)cc6c6ccccc6c5c4)cc3)=CC[C@H]2c2ccccc21. The van der Waals surface area contributed by atoms with Crippen LogP contribution >= 0.6 is 0 Å². The first-order chi connectivity index (χ1) is 40.4. The molecule has 2 N–H and O–H groups in total. The molecule has 0 spiro atoms. The lowest BCUT2D eigenvalue weighted by Crippen LogP contribution is -2.32. The summed E-state index contributed by atoms with van der Waals surface area (Å²) in [6.45, 7) is 9.33. The highest BCUT2D eigenvalue weighted by atomic mass is 14.9. The first-order valence-electron chi connectivity index (χ1n) is 32.6. The topological polar surface area (TPSA) is 24.1 Å². The third-order valence-corrected chi connectivity index (χ3v) is 20.1. The molecular weight excluding hydrogens is 989 g/mol. The smallest absolute Gasteiger partial charge is 0.0387 e. The Morgan fingerprint density at radius 2 is 0.902 bits per heavy atom. The predicted molar refractivity (Wildman–Crippen MR) is 356 cm³/mol. The van der Waals surface area contributed by atoms with Crippen LogP contribution in [-0.2, 0) is 10.8 Å². The summed E-state index contributed by atoms with van der Waals surface area (Å²) in [7, 11) is 0. The van der Waals surface area contributed by atoms with Crippen molar-refractivity contribution in [2.75, 3.05) is 10.6 Å². The van der Waals surface area contributed by atoms with Gasteiger partial charge in [0.05, 0.1) is 0 Å². The summed E-state index contributed by atoms with van der Waals surface area (Å²) >= 11 is 0. The molecule has 0 heterocycles. The number of allylic oxidation sites excluding steroid dienone is 7. The highest BCUT2D eigenvalue weighted by Crippen LogP contribution is 2.60. The Balaban J connectivity index is 0.775. The van der Waals surface area contributed by atoms with E-state index in [9.17, 15) is 0 Å². The van der Waals surface area contributed by atoms with Crippen molar-refractivity contribution >= 4 is 49.4 Å². The standard InChI is InChI=1S/C80H90N2/c1-5-9-13-23-49-79(50-24-14-10-6-2)75-31-21-19-29-69(75)71-47-43-63(55-77(71)79)81-61-39-33-57(34-40-61)59-37-45-67-68-46-38-60(54-74(68)66-28-18-17-27-65(66)73(67)53-59)58-35-41-62(42-36-58)82-64-44-48-72-70-30-20-22-32-76(70)80(78(72)56-64,51-25-15-11-7-3)52-26-16-12-8-4/h17-22,27-47,53-56,69,72,75,81-82H,5-16,23-26,48-52H2,1-4H3/t69?,72-,75?/m0/s1. The normalized spacial score (nSPS) is 18.1. The molecule has 4 aliphatic carbocycles. The van der Waals surface area contributed by atoms with Crippen molar-refractivity contribution < 1.29 is 0 Å². The van der Waals surface area contributed by atoms with E-state index in [-0.39, 0.29) is 10.8 Å². The van der Waals surface area contributed by atoms with Crippen molar-refractivity contribution in [1.29, 1.82) is 0 Å². The van der Waals surface area contributed by atoms with E-state index in [0.717, 1.165) is 17.8 Å². The summed E-state index contributed by atoms with van der Waals surface area (Å²) in [6.07, 6.45) is 41.8. The summed E-state index contributed by atoms with van der Waals surface area (Å²) in [5.74, 6) is 1.52. The van der Waals surface area contributed by atoms with Crippen LogP contribution in [0.25, 0.3) is 54.6 Å². The fraction of sp³-hybridized carbons (Fsp3) is 0.375.